The zero-order chi connectivity index (χ0) is 20.6. The number of allylic oxidation sites excluding steroid dienone is 1. The standard InChI is InChI=1S/C21H23F2N5O.K/c22-16-4-1-2-5-17(16)25-13-12-20(24)26-14-8-10-15(11-9-14)27-21(29)18-6-3-7-19(23)28-18;/h1-7,12-15H,8-11H2,(H4,24,25,26,27,29);/q;+1/p-1. The van der Waals surface area contributed by atoms with Crippen molar-refractivity contribution in [2.75, 3.05) is 0 Å². The summed E-state index contributed by atoms with van der Waals surface area (Å²) in [6.45, 7) is 0. The van der Waals surface area contributed by atoms with Crippen molar-refractivity contribution in [1.82, 2.24) is 10.3 Å². The van der Waals surface area contributed by atoms with Crippen LogP contribution in [0.3, 0.4) is 0 Å². The second kappa shape index (κ2) is 12.3. The van der Waals surface area contributed by atoms with Gasteiger partial charge in [0.25, 0.3) is 5.91 Å². The number of carbonyl (C=O) groups excluding carboxylic acids is 1. The van der Waals surface area contributed by atoms with Crippen LogP contribution in [0.15, 0.2) is 59.4 Å². The summed E-state index contributed by atoms with van der Waals surface area (Å²) < 4.78 is 26.6. The first kappa shape index (κ1) is 24.6. The third-order valence-corrected chi connectivity index (χ3v) is 4.62. The van der Waals surface area contributed by atoms with Gasteiger partial charge in [0, 0.05) is 12.3 Å². The summed E-state index contributed by atoms with van der Waals surface area (Å²) in [5, 5.41) is 7.33. The monoisotopic (exact) mass is 437 g/mol. The van der Waals surface area contributed by atoms with Gasteiger partial charge >= 0.3 is 51.4 Å². The van der Waals surface area contributed by atoms with Gasteiger partial charge < -0.3 is 16.4 Å². The van der Waals surface area contributed by atoms with Crippen molar-refractivity contribution in [3.8, 4) is 0 Å². The van der Waals surface area contributed by atoms with Gasteiger partial charge in [0.1, 0.15) is 11.5 Å². The number of amides is 1. The largest absolute Gasteiger partial charge is 1.00 e. The van der Waals surface area contributed by atoms with Gasteiger partial charge in [-0.05, 0) is 62.1 Å². The van der Waals surface area contributed by atoms with Crippen molar-refractivity contribution < 1.29 is 65.0 Å². The maximum Gasteiger partial charge on any atom is 1.00 e. The van der Waals surface area contributed by atoms with Crippen molar-refractivity contribution in [2.24, 2.45) is 10.7 Å². The van der Waals surface area contributed by atoms with Gasteiger partial charge in [-0.25, -0.2) is 9.37 Å². The number of halogens is 2. The van der Waals surface area contributed by atoms with Gasteiger partial charge in [-0.15, -0.1) is 0 Å². The Kier molecular flexibility index (Phi) is 10.1. The summed E-state index contributed by atoms with van der Waals surface area (Å²) in [7, 11) is 0. The molecule has 6 nitrogen and oxygen atoms in total. The van der Waals surface area contributed by atoms with E-state index in [1.54, 1.807) is 18.2 Å². The average Bonchev–Trinajstić information content (AvgIpc) is 2.71. The summed E-state index contributed by atoms with van der Waals surface area (Å²) in [5.74, 6) is -1.14. The van der Waals surface area contributed by atoms with Crippen LogP contribution in [-0.4, -0.2) is 29.2 Å². The molecule has 0 spiro atoms. The molecule has 0 aliphatic heterocycles. The molecule has 0 radical (unpaired) electrons. The maximum absolute atomic E-state index is 13.5. The van der Waals surface area contributed by atoms with E-state index in [-0.39, 0.29) is 80.8 Å². The Bertz CT molecular complexity index is 914. The molecule has 1 heterocycles. The summed E-state index contributed by atoms with van der Waals surface area (Å²) in [5.41, 5.74) is 6.21. The van der Waals surface area contributed by atoms with Crippen molar-refractivity contribution in [1.29, 1.82) is 0 Å². The molecular formula is C21H22F2KN5O. The third-order valence-electron chi connectivity index (χ3n) is 4.62. The molecule has 3 rings (SSSR count). The Labute approximate surface area is 216 Å². The average molecular weight is 438 g/mol. The van der Waals surface area contributed by atoms with Gasteiger partial charge in [0.2, 0.25) is 5.95 Å². The predicted octanol–water partition coefficient (Wildman–Crippen LogP) is 0.981. The molecule has 1 aromatic heterocycles. The fourth-order valence-electron chi connectivity index (χ4n) is 3.15. The summed E-state index contributed by atoms with van der Waals surface area (Å²) >= 11 is 0. The van der Waals surface area contributed by atoms with E-state index in [0.717, 1.165) is 25.7 Å². The van der Waals surface area contributed by atoms with Crippen molar-refractivity contribution in [3.63, 3.8) is 0 Å². The second-order valence-electron chi connectivity index (χ2n) is 6.77. The number of nitrogens with two attached hydrogens (primary N) is 1. The minimum absolute atomic E-state index is 0. The summed E-state index contributed by atoms with van der Waals surface area (Å²) in [6.07, 6.45) is 5.98. The van der Waals surface area contributed by atoms with Crippen molar-refractivity contribution >= 4 is 17.8 Å². The third kappa shape index (κ3) is 7.55. The van der Waals surface area contributed by atoms with Crippen LogP contribution in [-0.2, 0) is 0 Å². The number of aromatic nitrogens is 1. The first-order valence-electron chi connectivity index (χ1n) is 9.40. The molecule has 30 heavy (non-hydrogen) atoms. The molecule has 1 aliphatic rings. The van der Waals surface area contributed by atoms with Crippen LogP contribution in [0.25, 0.3) is 5.32 Å². The summed E-state index contributed by atoms with van der Waals surface area (Å²) in [6, 6.07) is 10.4. The van der Waals surface area contributed by atoms with Crippen molar-refractivity contribution in [2.45, 2.75) is 37.8 Å². The number of nitrogens with zero attached hydrogens (tertiary/aromatic N) is 3. The summed E-state index contributed by atoms with van der Waals surface area (Å²) in [4.78, 5) is 19.8. The van der Waals surface area contributed by atoms with E-state index < -0.39 is 11.8 Å². The Hall–Kier alpha value is -1.65. The smallest absolute Gasteiger partial charge is 0.495 e. The maximum atomic E-state index is 13.5. The van der Waals surface area contributed by atoms with Gasteiger partial charge in [0.05, 0.1) is 5.69 Å². The van der Waals surface area contributed by atoms with Gasteiger partial charge in [-0.3, -0.25) is 9.79 Å². The molecule has 0 atom stereocenters. The number of nitrogens with one attached hydrogen (secondary N) is 1. The number of rotatable bonds is 6. The molecule has 1 aromatic carbocycles. The Balaban J connectivity index is 0.00000320. The molecule has 1 saturated carbocycles. The van der Waals surface area contributed by atoms with Gasteiger partial charge in [-0.1, -0.05) is 24.0 Å². The molecule has 152 valence electrons. The van der Waals surface area contributed by atoms with E-state index in [2.05, 4.69) is 20.6 Å². The molecule has 2 aromatic rings. The van der Waals surface area contributed by atoms with E-state index in [0.29, 0.717) is 5.82 Å². The van der Waals surface area contributed by atoms with Gasteiger partial charge in [0.15, 0.2) is 0 Å². The first-order valence-corrected chi connectivity index (χ1v) is 9.40. The van der Waals surface area contributed by atoms with Crippen LogP contribution in [0.4, 0.5) is 14.5 Å². The Morgan fingerprint density at radius 1 is 1.13 bits per heavy atom. The normalized spacial score (nSPS) is 19.2. The first-order chi connectivity index (χ1) is 14.0. The Morgan fingerprint density at radius 3 is 2.57 bits per heavy atom. The van der Waals surface area contributed by atoms with Gasteiger partial charge in [-0.2, -0.15) is 4.39 Å². The van der Waals surface area contributed by atoms with Crippen LogP contribution in [0.5, 0.6) is 0 Å². The fourth-order valence-corrected chi connectivity index (χ4v) is 3.15. The number of hydrogen-bond donors (Lipinski definition) is 2. The number of aliphatic imine (C=N–C) groups is 1. The molecule has 0 bridgehead atoms. The van der Waals surface area contributed by atoms with Crippen LogP contribution >= 0.6 is 0 Å². The number of benzene rings is 1. The number of para-hydroxylation sites is 1. The number of hydrogen-bond acceptors (Lipinski definition) is 4. The molecule has 1 fully saturated rings. The van der Waals surface area contributed by atoms with E-state index in [9.17, 15) is 13.6 Å². The molecule has 9 heteroatoms. The zero-order valence-corrected chi connectivity index (χ0v) is 19.9. The fraction of sp³-hybridized carbons (Fsp3) is 0.286. The molecule has 0 unspecified atom stereocenters. The van der Waals surface area contributed by atoms with E-state index in [4.69, 9.17) is 5.73 Å². The molecule has 1 aliphatic carbocycles. The topological polar surface area (TPSA) is 94.5 Å². The van der Waals surface area contributed by atoms with Crippen LogP contribution in [0.1, 0.15) is 36.2 Å². The number of carbonyl (C=O) groups is 1. The SMILES string of the molecule is N/C(=C\C=Nc1ccccc1F)[N-]C1CCC(NC(=O)c2cccc(F)n2)CC1.[K+]. The predicted molar refractivity (Wildman–Crippen MR) is 108 cm³/mol. The second-order valence-corrected chi connectivity index (χ2v) is 6.77. The zero-order valence-electron chi connectivity index (χ0n) is 16.8. The molecular weight excluding hydrogens is 415 g/mol. The molecule has 3 N–H and O–H groups in total. The van der Waals surface area contributed by atoms with E-state index in [1.807, 2.05) is 0 Å². The van der Waals surface area contributed by atoms with Crippen LogP contribution < -0.4 is 62.4 Å². The minimum atomic E-state index is -0.680. The molecule has 0 saturated heterocycles. The van der Waals surface area contributed by atoms with Crippen LogP contribution in [0.2, 0.25) is 0 Å². The van der Waals surface area contributed by atoms with Crippen LogP contribution in [0, 0.1) is 11.8 Å². The minimum Gasteiger partial charge on any atom is -0.495 e. The van der Waals surface area contributed by atoms with E-state index >= 15 is 0 Å². The Morgan fingerprint density at radius 2 is 1.87 bits per heavy atom. The quantitative estimate of drug-likeness (QED) is 0.401. The number of pyridine rings is 1. The van der Waals surface area contributed by atoms with E-state index in [1.165, 1.54) is 36.6 Å². The van der Waals surface area contributed by atoms with Crippen molar-refractivity contribution in [3.05, 3.63) is 77.1 Å². The molecule has 1 amide bonds.